The van der Waals surface area contributed by atoms with E-state index in [2.05, 4.69) is 15.0 Å². The molecule has 0 radical (unpaired) electrons. The predicted molar refractivity (Wildman–Crippen MR) is 70.0 cm³/mol. The molecule has 0 aliphatic carbocycles. The molecule has 1 aromatic heterocycles. The Morgan fingerprint density at radius 3 is 2.57 bits per heavy atom. The second-order valence-electron chi connectivity index (χ2n) is 3.80. The molecule has 0 aromatic carbocycles. The van der Waals surface area contributed by atoms with Crippen molar-refractivity contribution in [3.63, 3.8) is 0 Å². The Bertz CT molecular complexity index is 615. The number of hydrogen-bond acceptors (Lipinski definition) is 6. The van der Waals surface area contributed by atoms with Gasteiger partial charge in [-0.3, -0.25) is 4.79 Å². The van der Waals surface area contributed by atoms with Crippen molar-refractivity contribution in [2.24, 2.45) is 0 Å². The topological polar surface area (TPSA) is 85.4 Å². The van der Waals surface area contributed by atoms with Gasteiger partial charge >= 0.3 is 6.18 Å². The zero-order valence-corrected chi connectivity index (χ0v) is 12.9. The summed E-state index contributed by atoms with van der Waals surface area (Å²) in [6.07, 6.45) is -4.77. The van der Waals surface area contributed by atoms with E-state index in [1.54, 1.807) is 0 Å². The van der Waals surface area contributed by atoms with Crippen LogP contribution in [-0.2, 0) is 18.6 Å². The Labute approximate surface area is 126 Å². The smallest absolute Gasteiger partial charge is 0.372 e. The molecule has 12 heteroatoms. The maximum Gasteiger partial charge on any atom is 0.411 e. The van der Waals surface area contributed by atoms with Gasteiger partial charge in [-0.05, 0) is 6.92 Å². The molecule has 0 aliphatic heterocycles. The first-order valence-electron chi connectivity index (χ1n) is 5.35. The molecule has 0 aliphatic rings. The van der Waals surface area contributed by atoms with E-state index < -0.39 is 34.3 Å². The number of aryl methyl sites for hydroxylation is 1. The van der Waals surface area contributed by atoms with Crippen molar-refractivity contribution < 1.29 is 31.1 Å². The second kappa shape index (κ2) is 6.90. The van der Waals surface area contributed by atoms with Crippen LogP contribution in [0.5, 0.6) is 0 Å². The van der Waals surface area contributed by atoms with Crippen molar-refractivity contribution in [1.29, 1.82) is 0 Å². The molecule has 1 amide bonds. The lowest BCUT2D eigenvalue weighted by Gasteiger charge is -2.07. The number of halogens is 4. The van der Waals surface area contributed by atoms with Crippen molar-refractivity contribution in [2.45, 2.75) is 23.7 Å². The summed E-state index contributed by atoms with van der Waals surface area (Å²) >= 11 is 0.654. The summed E-state index contributed by atoms with van der Waals surface area (Å²) in [7, 11) is 1.20. The van der Waals surface area contributed by atoms with E-state index in [4.69, 9.17) is 10.7 Å². The van der Waals surface area contributed by atoms with Crippen molar-refractivity contribution >= 4 is 42.1 Å². The van der Waals surface area contributed by atoms with Gasteiger partial charge in [-0.2, -0.15) is 13.2 Å². The SMILES string of the molecule is Cc1nc(NC(=O)CCOCC(F)(F)F)sc1S(=O)(=O)Cl. The van der Waals surface area contributed by atoms with E-state index in [0.29, 0.717) is 11.3 Å². The summed E-state index contributed by atoms with van der Waals surface area (Å²) in [6.45, 7) is -0.463. The van der Waals surface area contributed by atoms with Crippen LogP contribution in [0, 0.1) is 6.92 Å². The van der Waals surface area contributed by atoms with Crippen LogP contribution in [0.1, 0.15) is 12.1 Å². The van der Waals surface area contributed by atoms with Gasteiger partial charge in [0.2, 0.25) is 5.91 Å². The highest BCUT2D eigenvalue weighted by Gasteiger charge is 2.27. The predicted octanol–water partition coefficient (Wildman–Crippen LogP) is 2.29. The summed E-state index contributed by atoms with van der Waals surface area (Å²) in [5.74, 6) is -0.649. The Kier molecular flexibility index (Phi) is 5.96. The van der Waals surface area contributed by atoms with Crippen molar-refractivity contribution in [3.05, 3.63) is 5.69 Å². The molecule has 0 fully saturated rings. The molecule has 1 N–H and O–H groups in total. The third-order valence-electron chi connectivity index (χ3n) is 1.96. The minimum absolute atomic E-state index is 0.00690. The van der Waals surface area contributed by atoms with Crippen LogP contribution < -0.4 is 5.32 Å². The highest BCUT2D eigenvalue weighted by Crippen LogP contribution is 2.29. The van der Waals surface area contributed by atoms with E-state index >= 15 is 0 Å². The first-order chi connectivity index (χ1) is 9.49. The number of carbonyl (C=O) groups excluding carboxylic acids is 1. The van der Waals surface area contributed by atoms with Gasteiger partial charge in [-0.1, -0.05) is 11.3 Å². The van der Waals surface area contributed by atoms with Crippen molar-refractivity contribution in [1.82, 2.24) is 4.98 Å². The molecule has 0 spiro atoms. The lowest BCUT2D eigenvalue weighted by molar-refractivity contribution is -0.174. The van der Waals surface area contributed by atoms with Gasteiger partial charge in [-0.15, -0.1) is 0 Å². The van der Waals surface area contributed by atoms with E-state index in [-0.39, 0.29) is 21.5 Å². The molecule has 21 heavy (non-hydrogen) atoms. The molecule has 120 valence electrons. The van der Waals surface area contributed by atoms with Crippen LogP contribution in [0.3, 0.4) is 0 Å². The fraction of sp³-hybridized carbons (Fsp3) is 0.556. The van der Waals surface area contributed by atoms with Crippen LogP contribution in [-0.4, -0.2) is 38.7 Å². The molecule has 0 saturated carbocycles. The van der Waals surface area contributed by atoms with Gasteiger partial charge < -0.3 is 10.1 Å². The number of nitrogens with one attached hydrogen (secondary N) is 1. The van der Waals surface area contributed by atoms with Gasteiger partial charge in [0, 0.05) is 10.7 Å². The summed E-state index contributed by atoms with van der Waals surface area (Å²) in [5.41, 5.74) is 0.124. The summed E-state index contributed by atoms with van der Waals surface area (Å²) in [5, 5.41) is 2.25. The first-order valence-corrected chi connectivity index (χ1v) is 8.48. The molecular formula is C9H10ClF3N2O4S2. The van der Waals surface area contributed by atoms with Crippen LogP contribution >= 0.6 is 22.0 Å². The Morgan fingerprint density at radius 1 is 1.48 bits per heavy atom. The van der Waals surface area contributed by atoms with E-state index in [1.807, 2.05) is 0 Å². The number of anilines is 1. The third kappa shape index (κ3) is 6.59. The number of carbonyl (C=O) groups is 1. The van der Waals surface area contributed by atoms with Crippen LogP contribution in [0.4, 0.5) is 18.3 Å². The minimum atomic E-state index is -4.45. The average molecular weight is 367 g/mol. The maximum absolute atomic E-state index is 11.8. The van der Waals surface area contributed by atoms with Crippen molar-refractivity contribution in [2.75, 3.05) is 18.5 Å². The van der Waals surface area contributed by atoms with Gasteiger partial charge in [0.1, 0.15) is 6.61 Å². The highest BCUT2D eigenvalue weighted by atomic mass is 35.7. The summed E-state index contributed by atoms with van der Waals surface area (Å²) in [4.78, 5) is 15.2. The lowest BCUT2D eigenvalue weighted by atomic mass is 10.4. The maximum atomic E-state index is 11.8. The molecule has 0 unspecified atom stereocenters. The third-order valence-corrected chi connectivity index (χ3v) is 5.21. The Balaban J connectivity index is 2.49. The molecule has 6 nitrogen and oxygen atoms in total. The quantitative estimate of drug-likeness (QED) is 0.616. The molecule has 1 heterocycles. The fourth-order valence-corrected chi connectivity index (χ4v) is 3.56. The first kappa shape index (κ1) is 18.1. The van der Waals surface area contributed by atoms with E-state index in [9.17, 15) is 26.4 Å². The Hall–Kier alpha value is -0.910. The second-order valence-corrected chi connectivity index (χ2v) is 7.56. The number of rotatable bonds is 6. The molecule has 1 aromatic rings. The standard InChI is InChI=1S/C9H10ClF3N2O4S2/c1-5-7(21(10,17)18)20-8(14-5)15-6(16)2-3-19-4-9(11,12)13/h2-4H2,1H3,(H,14,15,16). The number of aromatic nitrogens is 1. The van der Waals surface area contributed by atoms with Crippen molar-refractivity contribution in [3.8, 4) is 0 Å². The number of thiazole rings is 1. The van der Waals surface area contributed by atoms with E-state index in [0.717, 1.165) is 0 Å². The normalized spacial score (nSPS) is 12.4. The van der Waals surface area contributed by atoms with Gasteiger partial charge in [-0.25, -0.2) is 13.4 Å². The monoisotopic (exact) mass is 366 g/mol. The zero-order valence-electron chi connectivity index (χ0n) is 10.5. The molecule has 0 bridgehead atoms. The average Bonchev–Trinajstić information content (AvgIpc) is 2.64. The fourth-order valence-electron chi connectivity index (χ4n) is 1.20. The van der Waals surface area contributed by atoms with Gasteiger partial charge in [0.15, 0.2) is 9.34 Å². The van der Waals surface area contributed by atoms with Crippen LogP contribution in [0.2, 0.25) is 0 Å². The molecule has 1 rings (SSSR count). The molecular weight excluding hydrogens is 357 g/mol. The van der Waals surface area contributed by atoms with Crippen LogP contribution in [0.25, 0.3) is 0 Å². The number of amides is 1. The highest BCUT2D eigenvalue weighted by molar-refractivity contribution is 8.15. The molecule has 0 atom stereocenters. The Morgan fingerprint density at radius 2 is 2.10 bits per heavy atom. The number of nitrogens with zero attached hydrogens (tertiary/aromatic N) is 1. The zero-order chi connectivity index (χ0) is 16.3. The molecule has 0 saturated heterocycles. The summed E-state index contributed by atoms with van der Waals surface area (Å²) < 4.78 is 61.7. The van der Waals surface area contributed by atoms with Gasteiger partial charge in [0.25, 0.3) is 9.05 Å². The van der Waals surface area contributed by atoms with Gasteiger partial charge in [0.05, 0.1) is 18.7 Å². The minimum Gasteiger partial charge on any atom is -0.372 e. The van der Waals surface area contributed by atoms with E-state index in [1.165, 1.54) is 6.92 Å². The van der Waals surface area contributed by atoms with Crippen LogP contribution in [0.15, 0.2) is 4.21 Å². The largest absolute Gasteiger partial charge is 0.411 e. The number of hydrogen-bond donors (Lipinski definition) is 1. The number of ether oxygens (including phenoxy) is 1. The summed E-state index contributed by atoms with van der Waals surface area (Å²) in [6, 6.07) is 0. The number of alkyl halides is 3. The lowest BCUT2D eigenvalue weighted by Crippen LogP contribution is -2.20.